The third-order valence-corrected chi connectivity index (χ3v) is 5.96. The van der Waals surface area contributed by atoms with Gasteiger partial charge in [0.15, 0.2) is 0 Å². The molecule has 0 fully saturated rings. The summed E-state index contributed by atoms with van der Waals surface area (Å²) in [4.78, 5) is 11.6. The van der Waals surface area contributed by atoms with E-state index in [9.17, 15) is 4.79 Å². The van der Waals surface area contributed by atoms with Gasteiger partial charge in [-0.1, -0.05) is 81.3 Å². The van der Waals surface area contributed by atoms with Gasteiger partial charge in [0.1, 0.15) is 0 Å². The van der Waals surface area contributed by atoms with Crippen molar-refractivity contribution in [3.8, 4) is 0 Å². The Morgan fingerprint density at radius 3 is 2.59 bits per heavy atom. The number of ether oxygens (including phenoxy) is 1. The third-order valence-electron chi connectivity index (χ3n) is 5.96. The van der Waals surface area contributed by atoms with Crippen LogP contribution in [0.4, 0.5) is 0 Å². The van der Waals surface area contributed by atoms with E-state index >= 15 is 0 Å². The number of carbonyl (C=O) groups excluding carboxylic acids is 1. The van der Waals surface area contributed by atoms with Gasteiger partial charge in [-0.15, -0.1) is 0 Å². The molecule has 1 aliphatic carbocycles. The van der Waals surface area contributed by atoms with E-state index in [-0.39, 0.29) is 11.9 Å². The van der Waals surface area contributed by atoms with Crippen molar-refractivity contribution in [2.45, 2.75) is 65.2 Å². The first-order valence-corrected chi connectivity index (χ1v) is 11.2. The highest BCUT2D eigenvalue weighted by molar-refractivity contribution is 5.84. The van der Waals surface area contributed by atoms with Gasteiger partial charge in [0.25, 0.3) is 0 Å². The summed E-state index contributed by atoms with van der Waals surface area (Å²) < 4.78 is 5.32. The minimum atomic E-state index is -0.0500. The van der Waals surface area contributed by atoms with Crippen molar-refractivity contribution in [3.63, 3.8) is 0 Å². The molecule has 0 aromatic heterocycles. The smallest absolute Gasteiger partial charge is 0.308 e. The molecule has 1 atom stereocenters. The normalized spacial score (nSPS) is 14.1. The summed E-state index contributed by atoms with van der Waals surface area (Å²) >= 11 is 0. The summed E-state index contributed by atoms with van der Waals surface area (Å²) in [6.45, 7) is 4.52. The average Bonchev–Trinajstić information content (AvgIpc) is 2.77. The van der Waals surface area contributed by atoms with Crippen LogP contribution in [0.3, 0.4) is 0 Å². The highest BCUT2D eigenvalue weighted by atomic mass is 16.5. The molecule has 0 saturated carbocycles. The molecule has 2 aromatic carbocycles. The summed E-state index contributed by atoms with van der Waals surface area (Å²) in [6.07, 6.45) is 11.1. The Labute approximate surface area is 176 Å². The van der Waals surface area contributed by atoms with Gasteiger partial charge in [-0.3, -0.25) is 4.79 Å². The van der Waals surface area contributed by atoms with Gasteiger partial charge in [0.2, 0.25) is 0 Å². The molecular weight excluding hydrogens is 356 g/mol. The van der Waals surface area contributed by atoms with Crippen LogP contribution < -0.4 is 0 Å². The number of hydrogen-bond donors (Lipinski definition) is 0. The van der Waals surface area contributed by atoms with E-state index in [1.54, 1.807) is 0 Å². The maximum Gasteiger partial charge on any atom is 0.308 e. The quantitative estimate of drug-likeness (QED) is 0.327. The number of fused-ring (bicyclic) bond motifs is 1. The standard InChI is InChI=1S/C27H34O2/c1-3-21(2)27(28)29-18-10-5-4-7-11-22-14-15-26-20-25(17-16-24(26)19-22)23-12-8-6-9-13-23/h6,8-9,12-15,19-21H,3-5,7,10-11,16-18H2,1-2H3. The lowest BCUT2D eigenvalue weighted by Crippen LogP contribution is -2.14. The number of esters is 1. The molecule has 0 amide bonds. The molecule has 0 aliphatic heterocycles. The SMILES string of the molecule is CCC(C)C(=O)OCCCCCCc1ccc2c(c1)CCC(c1ccccc1)=C2. The molecule has 1 unspecified atom stereocenters. The lowest BCUT2D eigenvalue weighted by Gasteiger charge is -2.18. The molecule has 0 N–H and O–H groups in total. The van der Waals surface area contributed by atoms with Gasteiger partial charge in [-0.05, 0) is 66.4 Å². The molecule has 0 radical (unpaired) electrons. The molecular formula is C27H34O2. The molecule has 2 heteroatoms. The van der Waals surface area contributed by atoms with Crippen LogP contribution in [0.25, 0.3) is 11.6 Å². The summed E-state index contributed by atoms with van der Waals surface area (Å²) in [5.41, 5.74) is 7.10. The molecule has 2 nitrogen and oxygen atoms in total. The number of unbranched alkanes of at least 4 members (excludes halogenated alkanes) is 3. The average molecular weight is 391 g/mol. The van der Waals surface area contributed by atoms with E-state index in [1.165, 1.54) is 40.7 Å². The van der Waals surface area contributed by atoms with Crippen molar-refractivity contribution < 1.29 is 9.53 Å². The van der Waals surface area contributed by atoms with Crippen molar-refractivity contribution in [1.29, 1.82) is 0 Å². The van der Waals surface area contributed by atoms with E-state index < -0.39 is 0 Å². The van der Waals surface area contributed by atoms with Gasteiger partial charge in [-0.2, -0.15) is 0 Å². The Balaban J connectivity index is 1.40. The first-order valence-electron chi connectivity index (χ1n) is 11.2. The number of allylic oxidation sites excluding steroid dienone is 1. The van der Waals surface area contributed by atoms with E-state index in [1.807, 2.05) is 13.8 Å². The van der Waals surface area contributed by atoms with Gasteiger partial charge in [0.05, 0.1) is 12.5 Å². The van der Waals surface area contributed by atoms with Crippen LogP contribution in [0, 0.1) is 5.92 Å². The first kappa shape index (κ1) is 21.4. The van der Waals surface area contributed by atoms with Crippen molar-refractivity contribution >= 4 is 17.6 Å². The molecule has 3 rings (SSSR count). The fourth-order valence-electron chi connectivity index (χ4n) is 3.85. The summed E-state index contributed by atoms with van der Waals surface area (Å²) in [5, 5.41) is 0. The molecule has 1 aliphatic rings. The maximum absolute atomic E-state index is 11.6. The molecule has 29 heavy (non-hydrogen) atoms. The zero-order valence-electron chi connectivity index (χ0n) is 18.0. The second kappa shape index (κ2) is 11.0. The minimum Gasteiger partial charge on any atom is -0.465 e. The van der Waals surface area contributed by atoms with E-state index in [4.69, 9.17) is 4.74 Å². The van der Waals surface area contributed by atoms with Gasteiger partial charge >= 0.3 is 5.97 Å². The molecule has 0 spiro atoms. The van der Waals surface area contributed by atoms with Gasteiger partial charge < -0.3 is 4.74 Å². The summed E-state index contributed by atoms with van der Waals surface area (Å²) in [6, 6.07) is 17.7. The number of rotatable bonds is 10. The Morgan fingerprint density at radius 1 is 1.00 bits per heavy atom. The maximum atomic E-state index is 11.6. The van der Waals surface area contributed by atoms with E-state index in [0.717, 1.165) is 38.5 Å². The van der Waals surface area contributed by atoms with Crippen LogP contribution in [0.15, 0.2) is 48.5 Å². The molecule has 154 valence electrons. The summed E-state index contributed by atoms with van der Waals surface area (Å²) in [5.74, 6) is -0.0244. The summed E-state index contributed by atoms with van der Waals surface area (Å²) in [7, 11) is 0. The van der Waals surface area contributed by atoms with Crippen LogP contribution in [0.1, 0.15) is 74.6 Å². The highest BCUT2D eigenvalue weighted by Crippen LogP contribution is 2.31. The monoisotopic (exact) mass is 390 g/mol. The van der Waals surface area contributed by atoms with Crippen LogP contribution in [0.2, 0.25) is 0 Å². The molecule has 0 saturated heterocycles. The van der Waals surface area contributed by atoms with Crippen molar-refractivity contribution in [1.82, 2.24) is 0 Å². The van der Waals surface area contributed by atoms with Crippen LogP contribution in [-0.4, -0.2) is 12.6 Å². The molecule has 2 aromatic rings. The lowest BCUT2D eigenvalue weighted by atomic mass is 9.87. The number of carbonyl (C=O) groups is 1. The highest BCUT2D eigenvalue weighted by Gasteiger charge is 2.13. The Kier molecular flexibility index (Phi) is 8.10. The third kappa shape index (κ3) is 6.32. The minimum absolute atomic E-state index is 0.0256. The van der Waals surface area contributed by atoms with Crippen LogP contribution >= 0.6 is 0 Å². The van der Waals surface area contributed by atoms with Crippen molar-refractivity contribution in [2.75, 3.05) is 6.61 Å². The Hall–Kier alpha value is -2.35. The zero-order valence-corrected chi connectivity index (χ0v) is 18.0. The second-order valence-electron chi connectivity index (χ2n) is 8.21. The zero-order chi connectivity index (χ0) is 20.5. The van der Waals surface area contributed by atoms with Gasteiger partial charge in [0, 0.05) is 0 Å². The predicted octanol–water partition coefficient (Wildman–Crippen LogP) is 6.87. The predicted molar refractivity (Wildman–Crippen MR) is 122 cm³/mol. The van der Waals surface area contributed by atoms with Gasteiger partial charge in [-0.25, -0.2) is 0 Å². The fraction of sp³-hybridized carbons (Fsp3) is 0.444. The number of benzene rings is 2. The number of aryl methyl sites for hydroxylation is 2. The first-order chi connectivity index (χ1) is 14.2. The lowest BCUT2D eigenvalue weighted by molar-refractivity contribution is -0.148. The Morgan fingerprint density at radius 2 is 1.79 bits per heavy atom. The van der Waals surface area contributed by atoms with Crippen LogP contribution in [0.5, 0.6) is 0 Å². The fourth-order valence-corrected chi connectivity index (χ4v) is 3.85. The van der Waals surface area contributed by atoms with Crippen LogP contribution in [-0.2, 0) is 22.4 Å². The van der Waals surface area contributed by atoms with E-state index in [2.05, 4.69) is 54.6 Å². The van der Waals surface area contributed by atoms with E-state index in [0.29, 0.717) is 6.61 Å². The largest absolute Gasteiger partial charge is 0.465 e. The second-order valence-corrected chi connectivity index (χ2v) is 8.21. The number of hydrogen-bond acceptors (Lipinski definition) is 2. The van der Waals surface area contributed by atoms with Crippen molar-refractivity contribution in [3.05, 3.63) is 70.8 Å². The molecule has 0 bridgehead atoms. The van der Waals surface area contributed by atoms with Crippen molar-refractivity contribution in [2.24, 2.45) is 5.92 Å². The molecule has 0 heterocycles. The topological polar surface area (TPSA) is 26.3 Å². The Bertz CT molecular complexity index is 820.